The lowest BCUT2D eigenvalue weighted by atomic mass is 10.1. The predicted octanol–water partition coefficient (Wildman–Crippen LogP) is 2.48. The van der Waals surface area contributed by atoms with E-state index in [0.29, 0.717) is 11.6 Å². The number of para-hydroxylation sites is 2. The number of methoxy groups -OCH3 is 1. The molecule has 0 atom stereocenters. The highest BCUT2D eigenvalue weighted by molar-refractivity contribution is 7.92. The van der Waals surface area contributed by atoms with E-state index in [2.05, 4.69) is 10.1 Å². The molecule has 1 heterocycles. The largest absolute Gasteiger partial charge is 0.495 e. The van der Waals surface area contributed by atoms with E-state index < -0.39 is 22.5 Å². The minimum atomic E-state index is -3.73. The fourth-order valence-corrected chi connectivity index (χ4v) is 3.83. The van der Waals surface area contributed by atoms with Crippen molar-refractivity contribution in [3.05, 3.63) is 60.0 Å². The van der Waals surface area contributed by atoms with Gasteiger partial charge in [0.15, 0.2) is 0 Å². The molecule has 0 saturated carbocycles. The third-order valence-electron chi connectivity index (χ3n) is 4.58. The van der Waals surface area contributed by atoms with Gasteiger partial charge in [0.2, 0.25) is 27.6 Å². The van der Waals surface area contributed by atoms with Gasteiger partial charge in [-0.1, -0.05) is 41.1 Å². The maximum Gasteiger partial charge on any atom is 0.246 e. The van der Waals surface area contributed by atoms with Gasteiger partial charge in [0, 0.05) is 12.6 Å². The van der Waals surface area contributed by atoms with Gasteiger partial charge in [0.1, 0.15) is 12.3 Å². The van der Waals surface area contributed by atoms with Crippen molar-refractivity contribution in [2.75, 3.05) is 31.3 Å². The number of hydrogen-bond acceptors (Lipinski definition) is 7. The highest BCUT2D eigenvalue weighted by Crippen LogP contribution is 2.29. The van der Waals surface area contributed by atoms with Crippen LogP contribution in [0, 0.1) is 6.92 Å². The van der Waals surface area contributed by atoms with Crippen LogP contribution in [-0.2, 0) is 21.4 Å². The van der Waals surface area contributed by atoms with Crippen molar-refractivity contribution in [2.24, 2.45) is 0 Å². The van der Waals surface area contributed by atoms with Crippen molar-refractivity contribution in [3.63, 3.8) is 0 Å². The molecule has 0 fully saturated rings. The highest BCUT2D eigenvalue weighted by atomic mass is 32.2. The summed E-state index contributed by atoms with van der Waals surface area (Å²) < 4.78 is 36.3. The Kier molecular flexibility index (Phi) is 6.59. The van der Waals surface area contributed by atoms with Crippen LogP contribution in [0.3, 0.4) is 0 Å². The average molecular weight is 445 g/mol. The van der Waals surface area contributed by atoms with Crippen LogP contribution in [0.15, 0.2) is 53.1 Å². The third-order valence-corrected chi connectivity index (χ3v) is 5.70. The van der Waals surface area contributed by atoms with Crippen LogP contribution in [0.1, 0.15) is 11.5 Å². The SMILES string of the molecule is COc1ccccc1N(CC(=O)N(C)Cc1nc(-c2cccc(C)c2)no1)S(C)(=O)=O. The van der Waals surface area contributed by atoms with Gasteiger partial charge in [-0.05, 0) is 25.1 Å². The number of aromatic nitrogens is 2. The number of sulfonamides is 1. The van der Waals surface area contributed by atoms with E-state index >= 15 is 0 Å². The molecule has 3 aromatic rings. The van der Waals surface area contributed by atoms with Gasteiger partial charge in [-0.25, -0.2) is 8.42 Å². The quantitative estimate of drug-likeness (QED) is 0.525. The number of nitrogens with zero attached hydrogens (tertiary/aromatic N) is 4. The van der Waals surface area contributed by atoms with E-state index in [1.165, 1.54) is 12.0 Å². The number of carbonyl (C=O) groups is 1. The summed E-state index contributed by atoms with van der Waals surface area (Å²) >= 11 is 0. The molecule has 0 aliphatic carbocycles. The number of ether oxygens (including phenoxy) is 1. The van der Waals surface area contributed by atoms with E-state index in [4.69, 9.17) is 9.26 Å². The van der Waals surface area contributed by atoms with Gasteiger partial charge in [0.05, 0.1) is 25.6 Å². The second kappa shape index (κ2) is 9.17. The molecule has 0 bridgehead atoms. The molecule has 0 spiro atoms. The summed E-state index contributed by atoms with van der Waals surface area (Å²) in [7, 11) is -0.751. The van der Waals surface area contributed by atoms with Crippen LogP contribution in [0.25, 0.3) is 11.4 Å². The number of amides is 1. The molecule has 2 aromatic carbocycles. The summed E-state index contributed by atoms with van der Waals surface area (Å²) in [6.45, 7) is 1.61. The molecule has 3 rings (SSSR count). The molecule has 0 saturated heterocycles. The first-order valence-corrected chi connectivity index (χ1v) is 11.3. The number of carbonyl (C=O) groups excluding carboxylic acids is 1. The number of rotatable bonds is 8. The maximum atomic E-state index is 12.8. The second-order valence-corrected chi connectivity index (χ2v) is 8.98. The van der Waals surface area contributed by atoms with E-state index in [-0.39, 0.29) is 18.1 Å². The first kappa shape index (κ1) is 22.3. The van der Waals surface area contributed by atoms with Crippen molar-refractivity contribution in [3.8, 4) is 17.1 Å². The Hall–Kier alpha value is -3.40. The van der Waals surface area contributed by atoms with Crippen LogP contribution >= 0.6 is 0 Å². The standard InChI is InChI=1S/C21H24N4O5S/c1-15-8-7-9-16(12-15)21-22-19(30-23-21)13-24(2)20(26)14-25(31(4,27)28)17-10-5-6-11-18(17)29-3/h5-12H,13-14H2,1-4H3. The zero-order chi connectivity index (χ0) is 22.6. The van der Waals surface area contributed by atoms with E-state index in [1.54, 1.807) is 31.3 Å². The van der Waals surface area contributed by atoms with Gasteiger partial charge in [-0.2, -0.15) is 4.98 Å². The van der Waals surface area contributed by atoms with Crippen LogP contribution in [0.5, 0.6) is 5.75 Å². The molecule has 1 amide bonds. The molecular formula is C21H24N4O5S. The lowest BCUT2D eigenvalue weighted by Gasteiger charge is -2.25. The van der Waals surface area contributed by atoms with Gasteiger partial charge >= 0.3 is 0 Å². The van der Waals surface area contributed by atoms with E-state index in [9.17, 15) is 13.2 Å². The van der Waals surface area contributed by atoms with Crippen molar-refractivity contribution < 1.29 is 22.5 Å². The zero-order valence-corrected chi connectivity index (χ0v) is 18.6. The van der Waals surface area contributed by atoms with E-state index in [1.807, 2.05) is 31.2 Å². The lowest BCUT2D eigenvalue weighted by molar-refractivity contribution is -0.129. The molecular weight excluding hydrogens is 420 g/mol. The average Bonchev–Trinajstić information content (AvgIpc) is 3.19. The molecule has 10 heteroatoms. The summed E-state index contributed by atoms with van der Waals surface area (Å²) in [6, 6.07) is 14.3. The molecule has 31 heavy (non-hydrogen) atoms. The van der Waals surface area contributed by atoms with Crippen molar-refractivity contribution in [2.45, 2.75) is 13.5 Å². The van der Waals surface area contributed by atoms with Gasteiger partial charge in [-0.3, -0.25) is 9.10 Å². The monoisotopic (exact) mass is 444 g/mol. The van der Waals surface area contributed by atoms with Crippen LogP contribution in [0.4, 0.5) is 5.69 Å². The van der Waals surface area contributed by atoms with Crippen LogP contribution < -0.4 is 9.04 Å². The zero-order valence-electron chi connectivity index (χ0n) is 17.8. The minimum Gasteiger partial charge on any atom is -0.495 e. The molecule has 0 N–H and O–H groups in total. The Balaban J connectivity index is 1.75. The lowest BCUT2D eigenvalue weighted by Crippen LogP contribution is -2.41. The smallest absolute Gasteiger partial charge is 0.246 e. The molecule has 0 unspecified atom stereocenters. The molecule has 9 nitrogen and oxygen atoms in total. The summed E-state index contributed by atoms with van der Waals surface area (Å²) in [5.41, 5.74) is 2.16. The van der Waals surface area contributed by atoms with Crippen LogP contribution in [-0.4, -0.2) is 56.3 Å². The predicted molar refractivity (Wildman–Crippen MR) is 116 cm³/mol. The molecule has 1 aromatic heterocycles. The summed E-state index contributed by atoms with van der Waals surface area (Å²) in [4.78, 5) is 18.5. The van der Waals surface area contributed by atoms with Gasteiger partial charge in [-0.15, -0.1) is 0 Å². The number of likely N-dealkylation sites (N-methyl/N-ethyl adjacent to an activating group) is 1. The third kappa shape index (κ3) is 5.40. The van der Waals surface area contributed by atoms with E-state index in [0.717, 1.165) is 21.7 Å². The van der Waals surface area contributed by atoms with Gasteiger partial charge < -0.3 is 14.2 Å². The molecule has 0 aliphatic rings. The Labute approximate surface area is 181 Å². The first-order valence-electron chi connectivity index (χ1n) is 9.43. The Morgan fingerprint density at radius 1 is 1.16 bits per heavy atom. The maximum absolute atomic E-state index is 12.8. The van der Waals surface area contributed by atoms with Crippen LogP contribution in [0.2, 0.25) is 0 Å². The Morgan fingerprint density at radius 3 is 2.58 bits per heavy atom. The summed E-state index contributed by atoms with van der Waals surface area (Å²) in [5.74, 6) is 0.580. The number of hydrogen-bond donors (Lipinski definition) is 0. The molecule has 0 radical (unpaired) electrons. The van der Waals surface area contributed by atoms with Crippen molar-refractivity contribution in [1.29, 1.82) is 0 Å². The molecule has 0 aliphatic heterocycles. The van der Waals surface area contributed by atoms with Crippen molar-refractivity contribution in [1.82, 2.24) is 15.0 Å². The molecule has 164 valence electrons. The topological polar surface area (TPSA) is 106 Å². The fraction of sp³-hybridized carbons (Fsp3) is 0.286. The Bertz CT molecular complexity index is 1180. The second-order valence-electron chi connectivity index (χ2n) is 7.07. The minimum absolute atomic E-state index is 0.0428. The summed E-state index contributed by atoms with van der Waals surface area (Å²) in [5, 5.41) is 3.96. The summed E-state index contributed by atoms with van der Waals surface area (Å²) in [6.07, 6.45) is 1.04. The number of benzene rings is 2. The normalized spacial score (nSPS) is 11.2. The number of aryl methyl sites for hydroxylation is 1. The van der Waals surface area contributed by atoms with Crippen molar-refractivity contribution >= 4 is 21.6 Å². The van der Waals surface area contributed by atoms with Gasteiger partial charge in [0.25, 0.3) is 0 Å². The number of anilines is 1. The fourth-order valence-electron chi connectivity index (χ4n) is 2.97. The Morgan fingerprint density at radius 2 is 1.90 bits per heavy atom. The highest BCUT2D eigenvalue weighted by Gasteiger charge is 2.26. The first-order chi connectivity index (χ1) is 14.7.